The maximum atomic E-state index is 12.4. The van der Waals surface area contributed by atoms with E-state index in [4.69, 9.17) is 4.42 Å². The number of amides is 2. The van der Waals surface area contributed by atoms with Gasteiger partial charge in [-0.15, -0.1) is 10.2 Å². The van der Waals surface area contributed by atoms with Gasteiger partial charge in [-0.05, 0) is 43.2 Å². The summed E-state index contributed by atoms with van der Waals surface area (Å²) < 4.78 is 7.04. The first-order valence-electron chi connectivity index (χ1n) is 9.07. The number of hydrogen-bond acceptors (Lipinski definition) is 6. The first-order chi connectivity index (χ1) is 13.9. The van der Waals surface area contributed by atoms with Crippen molar-refractivity contribution in [2.75, 3.05) is 19.3 Å². The van der Waals surface area contributed by atoms with E-state index in [2.05, 4.69) is 21.6 Å². The van der Waals surface area contributed by atoms with Crippen molar-refractivity contribution in [1.29, 1.82) is 0 Å². The number of benzene rings is 1. The van der Waals surface area contributed by atoms with Crippen LogP contribution in [-0.4, -0.2) is 50.8 Å². The molecule has 1 N–H and O–H groups in total. The van der Waals surface area contributed by atoms with Gasteiger partial charge >= 0.3 is 0 Å². The molecule has 2 amide bonds. The summed E-state index contributed by atoms with van der Waals surface area (Å²) in [5.74, 6) is 0.402. The van der Waals surface area contributed by atoms with Crippen molar-refractivity contribution in [3.63, 3.8) is 0 Å². The van der Waals surface area contributed by atoms with Crippen LogP contribution >= 0.6 is 11.8 Å². The molecule has 0 aliphatic carbocycles. The van der Waals surface area contributed by atoms with Gasteiger partial charge in [0.05, 0.1) is 30.8 Å². The van der Waals surface area contributed by atoms with Crippen molar-refractivity contribution in [2.45, 2.75) is 25.5 Å². The van der Waals surface area contributed by atoms with Crippen LogP contribution in [0.15, 0.2) is 52.5 Å². The summed E-state index contributed by atoms with van der Waals surface area (Å²) in [7, 11) is 1.60. The quantitative estimate of drug-likeness (QED) is 0.570. The van der Waals surface area contributed by atoms with Crippen molar-refractivity contribution in [3.8, 4) is 5.69 Å². The predicted molar refractivity (Wildman–Crippen MR) is 110 cm³/mol. The average molecular weight is 414 g/mol. The minimum absolute atomic E-state index is 0.0240. The Labute approximate surface area is 173 Å². The van der Waals surface area contributed by atoms with Crippen LogP contribution in [-0.2, 0) is 16.1 Å². The molecule has 0 aliphatic rings. The molecule has 0 unspecified atom stereocenters. The van der Waals surface area contributed by atoms with E-state index in [0.717, 1.165) is 16.8 Å². The van der Waals surface area contributed by atoms with Crippen LogP contribution in [0.25, 0.3) is 5.69 Å². The van der Waals surface area contributed by atoms with E-state index in [0.29, 0.717) is 17.5 Å². The Morgan fingerprint density at radius 3 is 2.86 bits per heavy atom. The Kier molecular flexibility index (Phi) is 6.71. The monoisotopic (exact) mass is 413 g/mol. The maximum absolute atomic E-state index is 12.4. The fourth-order valence-electron chi connectivity index (χ4n) is 2.66. The Hall–Kier alpha value is -3.07. The summed E-state index contributed by atoms with van der Waals surface area (Å²) in [5.41, 5.74) is 3.20. The molecule has 152 valence electrons. The third kappa shape index (κ3) is 5.47. The van der Waals surface area contributed by atoms with E-state index in [1.807, 2.05) is 30.5 Å². The lowest BCUT2D eigenvalue weighted by Gasteiger charge is -2.16. The molecule has 29 heavy (non-hydrogen) atoms. The van der Waals surface area contributed by atoms with Crippen LogP contribution in [0.2, 0.25) is 0 Å². The fourth-order valence-corrected chi connectivity index (χ4v) is 3.52. The molecule has 3 aromatic rings. The molecule has 0 bridgehead atoms. The second kappa shape index (κ2) is 9.42. The minimum atomic E-state index is -0.249. The van der Waals surface area contributed by atoms with E-state index in [-0.39, 0.29) is 24.1 Å². The van der Waals surface area contributed by atoms with Gasteiger partial charge in [-0.1, -0.05) is 23.9 Å². The van der Waals surface area contributed by atoms with Gasteiger partial charge in [-0.2, -0.15) is 0 Å². The lowest BCUT2D eigenvalue weighted by Crippen LogP contribution is -2.38. The molecular weight excluding hydrogens is 390 g/mol. The zero-order valence-electron chi connectivity index (χ0n) is 16.6. The lowest BCUT2D eigenvalue weighted by atomic mass is 10.1. The number of furan rings is 1. The number of carbonyl (C=O) groups is 2. The summed E-state index contributed by atoms with van der Waals surface area (Å²) in [6, 6.07) is 9.67. The first kappa shape index (κ1) is 20.7. The van der Waals surface area contributed by atoms with E-state index < -0.39 is 0 Å². The van der Waals surface area contributed by atoms with E-state index >= 15 is 0 Å². The number of likely N-dealkylation sites (N-methyl/N-ethyl adjacent to an activating group) is 1. The molecule has 0 radical (unpaired) electrons. The summed E-state index contributed by atoms with van der Waals surface area (Å²) in [4.78, 5) is 25.8. The van der Waals surface area contributed by atoms with E-state index in [9.17, 15) is 9.59 Å². The summed E-state index contributed by atoms with van der Waals surface area (Å²) in [6.45, 7) is 4.31. The van der Waals surface area contributed by atoms with Crippen molar-refractivity contribution in [2.24, 2.45) is 0 Å². The van der Waals surface area contributed by atoms with Crippen molar-refractivity contribution < 1.29 is 14.0 Å². The third-order valence-electron chi connectivity index (χ3n) is 4.31. The van der Waals surface area contributed by atoms with Gasteiger partial charge in [0.1, 0.15) is 12.1 Å². The Morgan fingerprint density at radius 2 is 2.10 bits per heavy atom. The average Bonchev–Trinajstić information content (AvgIpc) is 3.38. The number of hydrogen-bond donors (Lipinski definition) is 1. The molecule has 2 heterocycles. The van der Waals surface area contributed by atoms with Crippen molar-refractivity contribution >= 4 is 23.6 Å². The molecular formula is C20H23N5O3S. The van der Waals surface area contributed by atoms with Crippen LogP contribution in [0.3, 0.4) is 0 Å². The molecule has 0 spiro atoms. The molecule has 2 aromatic heterocycles. The SMILES string of the molecule is Cc1ccc(C)c(-n2cnnc2SCC(=O)N(C)CC(=O)NCc2ccco2)c1. The van der Waals surface area contributed by atoms with Crippen LogP contribution in [0.4, 0.5) is 0 Å². The van der Waals surface area contributed by atoms with Crippen LogP contribution in [0.5, 0.6) is 0 Å². The minimum Gasteiger partial charge on any atom is -0.467 e. The Bertz CT molecular complexity index is 984. The van der Waals surface area contributed by atoms with Crippen LogP contribution < -0.4 is 5.32 Å². The highest BCUT2D eigenvalue weighted by atomic mass is 32.2. The standard InChI is InChI=1S/C20H23N5O3S/c1-14-6-7-15(2)17(9-14)25-13-22-23-20(25)29-12-19(27)24(3)11-18(26)21-10-16-5-4-8-28-16/h4-9,13H,10-12H2,1-3H3,(H,21,26). The maximum Gasteiger partial charge on any atom is 0.239 e. The number of rotatable bonds is 8. The molecule has 1 aromatic carbocycles. The van der Waals surface area contributed by atoms with Gasteiger partial charge in [0.2, 0.25) is 11.8 Å². The smallest absolute Gasteiger partial charge is 0.239 e. The van der Waals surface area contributed by atoms with E-state index in [1.165, 1.54) is 16.7 Å². The highest BCUT2D eigenvalue weighted by molar-refractivity contribution is 7.99. The molecule has 8 nitrogen and oxygen atoms in total. The van der Waals surface area contributed by atoms with E-state index in [1.54, 1.807) is 31.8 Å². The molecule has 0 atom stereocenters. The zero-order valence-corrected chi connectivity index (χ0v) is 17.4. The second-order valence-corrected chi connectivity index (χ2v) is 7.61. The first-order valence-corrected chi connectivity index (χ1v) is 10.1. The molecule has 0 aliphatic heterocycles. The molecule has 0 saturated heterocycles. The predicted octanol–water partition coefficient (Wildman–Crippen LogP) is 2.34. The van der Waals surface area contributed by atoms with Crippen LogP contribution in [0, 0.1) is 13.8 Å². The van der Waals surface area contributed by atoms with Gasteiger partial charge in [0.25, 0.3) is 0 Å². The van der Waals surface area contributed by atoms with Gasteiger partial charge in [0, 0.05) is 7.05 Å². The van der Waals surface area contributed by atoms with Gasteiger partial charge in [0.15, 0.2) is 5.16 Å². The summed E-state index contributed by atoms with van der Waals surface area (Å²) >= 11 is 1.29. The van der Waals surface area contributed by atoms with Crippen LogP contribution in [0.1, 0.15) is 16.9 Å². The third-order valence-corrected chi connectivity index (χ3v) is 5.24. The Balaban J connectivity index is 1.53. The number of nitrogens with zero attached hydrogens (tertiary/aromatic N) is 4. The van der Waals surface area contributed by atoms with Gasteiger partial charge < -0.3 is 14.6 Å². The summed E-state index contributed by atoms with van der Waals surface area (Å²) in [5, 5.41) is 11.5. The topological polar surface area (TPSA) is 93.3 Å². The number of nitrogens with one attached hydrogen (secondary N) is 1. The lowest BCUT2D eigenvalue weighted by molar-refractivity contribution is -0.132. The largest absolute Gasteiger partial charge is 0.467 e. The fraction of sp³-hybridized carbons (Fsp3) is 0.300. The normalized spacial score (nSPS) is 10.7. The zero-order chi connectivity index (χ0) is 20.8. The molecule has 9 heteroatoms. The second-order valence-electron chi connectivity index (χ2n) is 6.67. The highest BCUT2D eigenvalue weighted by Crippen LogP contribution is 2.23. The molecule has 3 rings (SSSR count). The number of thioether (sulfide) groups is 1. The highest BCUT2D eigenvalue weighted by Gasteiger charge is 2.16. The Morgan fingerprint density at radius 1 is 1.28 bits per heavy atom. The van der Waals surface area contributed by atoms with Gasteiger partial charge in [-0.3, -0.25) is 14.2 Å². The number of carbonyl (C=O) groups excluding carboxylic acids is 2. The van der Waals surface area contributed by atoms with Crippen molar-refractivity contribution in [1.82, 2.24) is 25.0 Å². The van der Waals surface area contributed by atoms with Gasteiger partial charge in [-0.25, -0.2) is 0 Å². The molecule has 0 saturated carbocycles. The van der Waals surface area contributed by atoms with Crippen molar-refractivity contribution in [3.05, 3.63) is 59.8 Å². The molecule has 0 fully saturated rings. The summed E-state index contributed by atoms with van der Waals surface area (Å²) in [6.07, 6.45) is 3.19. The number of aromatic nitrogens is 3. The number of aryl methyl sites for hydroxylation is 2.